The number of benzene rings is 1. The van der Waals surface area contributed by atoms with Crippen molar-refractivity contribution in [3.05, 3.63) is 54.2 Å². The average molecular weight is 383 g/mol. The minimum absolute atomic E-state index is 0.0441. The minimum atomic E-state index is -0.198. The molecule has 0 aliphatic carbocycles. The zero-order valence-electron chi connectivity index (χ0n) is 16.8. The van der Waals surface area contributed by atoms with E-state index >= 15 is 0 Å². The van der Waals surface area contributed by atoms with Crippen LogP contribution in [-0.2, 0) is 11.2 Å². The van der Waals surface area contributed by atoms with Crippen molar-refractivity contribution in [2.24, 2.45) is 0 Å². The number of rotatable bonds is 6. The summed E-state index contributed by atoms with van der Waals surface area (Å²) in [6.07, 6.45) is 3.10. The third-order valence-corrected chi connectivity index (χ3v) is 5.30. The maximum atomic E-state index is 12.2. The van der Waals surface area contributed by atoms with Gasteiger partial charge < -0.3 is 15.3 Å². The average Bonchev–Trinajstić information content (AvgIpc) is 2.96. The van der Waals surface area contributed by atoms with Gasteiger partial charge in [-0.15, -0.1) is 0 Å². The number of anilines is 2. The van der Waals surface area contributed by atoms with E-state index in [4.69, 9.17) is 0 Å². The van der Waals surface area contributed by atoms with Crippen LogP contribution in [0.25, 0.3) is 0 Å². The second-order valence-corrected chi connectivity index (χ2v) is 7.91. The smallest absolute Gasteiger partial charge is 0.228 e. The van der Waals surface area contributed by atoms with Gasteiger partial charge in [-0.05, 0) is 38.0 Å². The number of hydrogen-bond acceptors (Lipinski definition) is 5. The largest absolute Gasteiger partial charge is 0.394 e. The highest BCUT2D eigenvalue weighted by Gasteiger charge is 2.28. The highest BCUT2D eigenvalue weighted by atomic mass is 16.3. The van der Waals surface area contributed by atoms with Gasteiger partial charge in [-0.1, -0.05) is 30.3 Å². The number of nitrogens with zero attached hydrogens (tertiary/aromatic N) is 3. The molecule has 1 aliphatic rings. The molecule has 150 valence electrons. The van der Waals surface area contributed by atoms with Crippen LogP contribution in [-0.4, -0.2) is 59.2 Å². The van der Waals surface area contributed by atoms with Crippen LogP contribution in [0.3, 0.4) is 0 Å². The second-order valence-electron chi connectivity index (χ2n) is 7.91. The normalized spacial score (nSPS) is 15.9. The lowest BCUT2D eigenvalue weighted by molar-refractivity contribution is -0.115. The number of nitrogens with one attached hydrogen (secondary N) is 1. The SMILES string of the molecule is CC(C)(CO)N1CCCN(c2ccc(NC(=O)Cc3ccccc3)cn2)CC1. The monoisotopic (exact) mass is 382 g/mol. The third-order valence-electron chi connectivity index (χ3n) is 5.30. The van der Waals surface area contributed by atoms with Crippen molar-refractivity contribution >= 4 is 17.4 Å². The van der Waals surface area contributed by atoms with Gasteiger partial charge in [-0.2, -0.15) is 0 Å². The Morgan fingerprint density at radius 1 is 1.11 bits per heavy atom. The molecule has 3 rings (SSSR count). The van der Waals surface area contributed by atoms with E-state index in [1.54, 1.807) is 6.20 Å². The van der Waals surface area contributed by atoms with Crippen molar-refractivity contribution in [3.63, 3.8) is 0 Å². The van der Waals surface area contributed by atoms with Gasteiger partial charge in [0.05, 0.1) is 24.9 Å². The van der Waals surface area contributed by atoms with Crippen molar-refractivity contribution < 1.29 is 9.90 Å². The van der Waals surface area contributed by atoms with Gasteiger partial charge in [-0.25, -0.2) is 4.98 Å². The third kappa shape index (κ3) is 5.30. The van der Waals surface area contributed by atoms with E-state index in [0.29, 0.717) is 12.1 Å². The topological polar surface area (TPSA) is 68.7 Å². The van der Waals surface area contributed by atoms with E-state index in [9.17, 15) is 9.90 Å². The molecule has 6 nitrogen and oxygen atoms in total. The number of aliphatic hydroxyl groups excluding tert-OH is 1. The zero-order valence-corrected chi connectivity index (χ0v) is 16.8. The van der Waals surface area contributed by atoms with E-state index in [-0.39, 0.29) is 18.1 Å². The Hall–Kier alpha value is -2.44. The van der Waals surface area contributed by atoms with E-state index in [1.165, 1.54) is 0 Å². The molecular formula is C22H30N4O2. The molecule has 1 aliphatic heterocycles. The zero-order chi connectivity index (χ0) is 20.0. The lowest BCUT2D eigenvalue weighted by Crippen LogP contribution is -2.48. The van der Waals surface area contributed by atoms with Crippen LogP contribution >= 0.6 is 0 Å². The Labute approximate surface area is 167 Å². The molecule has 1 aromatic carbocycles. The molecule has 6 heteroatoms. The molecule has 0 bridgehead atoms. The van der Waals surface area contributed by atoms with Crippen LogP contribution < -0.4 is 10.2 Å². The summed E-state index contributed by atoms with van der Waals surface area (Å²) in [4.78, 5) is 21.4. The molecule has 2 heterocycles. The quantitative estimate of drug-likeness (QED) is 0.804. The van der Waals surface area contributed by atoms with Gasteiger partial charge in [0, 0.05) is 31.7 Å². The number of carbonyl (C=O) groups is 1. The highest BCUT2D eigenvalue weighted by molar-refractivity contribution is 5.92. The fraction of sp³-hybridized carbons (Fsp3) is 0.455. The van der Waals surface area contributed by atoms with Gasteiger partial charge >= 0.3 is 0 Å². The van der Waals surface area contributed by atoms with E-state index in [1.807, 2.05) is 42.5 Å². The molecular weight excluding hydrogens is 352 g/mol. The Balaban J connectivity index is 1.56. The molecule has 1 saturated heterocycles. The van der Waals surface area contributed by atoms with E-state index in [2.05, 4.69) is 33.9 Å². The summed E-state index contributed by atoms with van der Waals surface area (Å²) in [6.45, 7) is 7.98. The summed E-state index contributed by atoms with van der Waals surface area (Å²) >= 11 is 0. The number of carbonyl (C=O) groups excluding carboxylic acids is 1. The van der Waals surface area contributed by atoms with Crippen LogP contribution in [0.1, 0.15) is 25.8 Å². The standard InChI is InChI=1S/C22H30N4O2/c1-22(2,17-27)26-12-6-11-25(13-14-26)20-10-9-19(16-23-20)24-21(28)15-18-7-4-3-5-8-18/h3-5,7-10,16,27H,6,11-15,17H2,1-2H3,(H,24,28). The number of amides is 1. The number of pyridine rings is 1. The molecule has 0 atom stereocenters. The molecule has 2 N–H and O–H groups in total. The Bertz CT molecular complexity index is 762. The van der Waals surface area contributed by atoms with Crippen molar-refractivity contribution in [1.29, 1.82) is 0 Å². The highest BCUT2D eigenvalue weighted by Crippen LogP contribution is 2.20. The summed E-state index contributed by atoms with van der Waals surface area (Å²) in [5.74, 6) is 0.877. The number of aliphatic hydroxyl groups is 1. The van der Waals surface area contributed by atoms with Crippen LogP contribution in [0.5, 0.6) is 0 Å². The van der Waals surface area contributed by atoms with Crippen molar-refractivity contribution in [2.75, 3.05) is 43.0 Å². The second kappa shape index (κ2) is 9.17. The summed E-state index contributed by atoms with van der Waals surface area (Å²) in [5.41, 5.74) is 1.50. The lowest BCUT2D eigenvalue weighted by Gasteiger charge is -2.36. The fourth-order valence-corrected chi connectivity index (χ4v) is 3.49. The van der Waals surface area contributed by atoms with Crippen LogP contribution in [0.4, 0.5) is 11.5 Å². The summed E-state index contributed by atoms with van der Waals surface area (Å²) in [7, 11) is 0. The maximum absolute atomic E-state index is 12.2. The predicted octanol–water partition coefficient (Wildman–Crippen LogP) is 2.55. The maximum Gasteiger partial charge on any atom is 0.228 e. The van der Waals surface area contributed by atoms with Crippen LogP contribution in [0, 0.1) is 0 Å². The molecule has 0 unspecified atom stereocenters. The first-order valence-corrected chi connectivity index (χ1v) is 9.88. The Morgan fingerprint density at radius 3 is 2.57 bits per heavy atom. The Kier molecular flexibility index (Phi) is 6.65. The molecule has 1 aromatic heterocycles. The van der Waals surface area contributed by atoms with Gasteiger partial charge in [-0.3, -0.25) is 9.69 Å². The summed E-state index contributed by atoms with van der Waals surface area (Å²) in [5, 5.41) is 12.5. The Morgan fingerprint density at radius 2 is 1.89 bits per heavy atom. The molecule has 1 fully saturated rings. The summed E-state index contributed by atoms with van der Waals surface area (Å²) < 4.78 is 0. The van der Waals surface area contributed by atoms with Gasteiger partial charge in [0.2, 0.25) is 5.91 Å². The van der Waals surface area contributed by atoms with Crippen molar-refractivity contribution in [3.8, 4) is 0 Å². The van der Waals surface area contributed by atoms with Crippen molar-refractivity contribution in [1.82, 2.24) is 9.88 Å². The first kappa shape index (κ1) is 20.3. The van der Waals surface area contributed by atoms with Crippen molar-refractivity contribution in [2.45, 2.75) is 32.2 Å². The molecule has 1 amide bonds. The predicted molar refractivity (Wildman–Crippen MR) is 113 cm³/mol. The van der Waals surface area contributed by atoms with Gasteiger partial charge in [0.1, 0.15) is 5.82 Å². The van der Waals surface area contributed by atoms with Gasteiger partial charge in [0.25, 0.3) is 0 Å². The fourth-order valence-electron chi connectivity index (χ4n) is 3.49. The molecule has 0 spiro atoms. The van der Waals surface area contributed by atoms with E-state index < -0.39 is 0 Å². The van der Waals surface area contributed by atoms with E-state index in [0.717, 1.165) is 44.0 Å². The lowest BCUT2D eigenvalue weighted by atomic mass is 10.0. The number of aromatic nitrogens is 1. The van der Waals surface area contributed by atoms with Gasteiger partial charge in [0.15, 0.2) is 0 Å². The summed E-state index contributed by atoms with van der Waals surface area (Å²) in [6, 6.07) is 13.6. The number of hydrogen-bond donors (Lipinski definition) is 2. The van der Waals surface area contributed by atoms with Crippen LogP contribution in [0.15, 0.2) is 48.7 Å². The first-order valence-electron chi connectivity index (χ1n) is 9.88. The molecule has 2 aromatic rings. The van der Waals surface area contributed by atoms with Crippen LogP contribution in [0.2, 0.25) is 0 Å². The molecule has 28 heavy (non-hydrogen) atoms. The molecule has 0 saturated carbocycles. The molecule has 0 radical (unpaired) electrons. The minimum Gasteiger partial charge on any atom is -0.394 e. The first-order chi connectivity index (χ1) is 13.5.